The molecule has 0 aliphatic carbocycles. The lowest BCUT2D eigenvalue weighted by molar-refractivity contribution is -0.113. The minimum atomic E-state index is -0.00246. The summed E-state index contributed by atoms with van der Waals surface area (Å²) in [5, 5.41) is 0. The number of Topliss-reactive ketones (excluding diaryl/α,β-unsaturated/α-hetero) is 2. The van der Waals surface area contributed by atoms with E-state index in [2.05, 4.69) is 26.5 Å². The Balaban J connectivity index is 3.47. The highest BCUT2D eigenvalue weighted by Gasteiger charge is 2.19. The van der Waals surface area contributed by atoms with Crippen molar-refractivity contribution in [3.05, 3.63) is 76.9 Å². The zero-order valence-electron chi connectivity index (χ0n) is 18.3. The Morgan fingerprint density at radius 2 is 1.61 bits per heavy atom. The Labute approximate surface area is 170 Å². The monoisotopic (exact) mass is 378 g/mol. The molecule has 0 amide bonds. The summed E-state index contributed by atoms with van der Waals surface area (Å²) < 4.78 is 0. The molecule has 0 aromatic heterocycles. The number of ketones is 2. The van der Waals surface area contributed by atoms with Crippen LogP contribution in [0.25, 0.3) is 5.57 Å². The van der Waals surface area contributed by atoms with Crippen molar-refractivity contribution in [2.45, 2.75) is 60.8 Å². The van der Waals surface area contributed by atoms with Gasteiger partial charge in [0.25, 0.3) is 0 Å². The summed E-state index contributed by atoms with van der Waals surface area (Å²) in [5.74, 6) is 0.217. The van der Waals surface area contributed by atoms with Gasteiger partial charge in [-0.1, -0.05) is 76.3 Å². The van der Waals surface area contributed by atoms with Crippen molar-refractivity contribution in [3.63, 3.8) is 0 Å². The Morgan fingerprint density at radius 3 is 2.00 bits per heavy atom. The molecule has 150 valence electrons. The molecule has 0 heterocycles. The molecule has 2 heteroatoms. The molecule has 0 spiro atoms. The molecule has 0 fully saturated rings. The van der Waals surface area contributed by atoms with Gasteiger partial charge in [-0.25, -0.2) is 0 Å². The molecular weight excluding hydrogens is 344 g/mol. The van der Waals surface area contributed by atoms with Crippen LogP contribution in [0.5, 0.6) is 0 Å². The molecule has 0 aliphatic heterocycles. The SMILES string of the molecule is C=C/C(C(C)=O)=C(\C(=CC)CC)C(=CC)c1ccc(C(=O)C(C)CCC)cc1. The molecule has 0 bridgehead atoms. The van der Waals surface area contributed by atoms with E-state index in [4.69, 9.17) is 0 Å². The van der Waals surface area contributed by atoms with Gasteiger partial charge in [0.2, 0.25) is 0 Å². The van der Waals surface area contributed by atoms with Crippen molar-refractivity contribution < 1.29 is 9.59 Å². The topological polar surface area (TPSA) is 34.1 Å². The van der Waals surface area contributed by atoms with Crippen LogP contribution in [0.3, 0.4) is 0 Å². The molecule has 1 unspecified atom stereocenters. The van der Waals surface area contributed by atoms with Crippen LogP contribution in [-0.2, 0) is 4.79 Å². The number of benzene rings is 1. The molecular formula is C26H34O2. The number of carbonyl (C=O) groups is 2. The van der Waals surface area contributed by atoms with E-state index in [0.29, 0.717) is 5.57 Å². The minimum absolute atomic E-state index is 0.00246. The van der Waals surface area contributed by atoms with Gasteiger partial charge in [0.05, 0.1) is 0 Å². The largest absolute Gasteiger partial charge is 0.294 e. The lowest BCUT2D eigenvalue weighted by Gasteiger charge is -2.18. The van der Waals surface area contributed by atoms with Gasteiger partial charge in [-0.2, -0.15) is 0 Å². The number of hydrogen-bond donors (Lipinski definition) is 0. The average molecular weight is 379 g/mol. The maximum Gasteiger partial charge on any atom is 0.165 e. The Kier molecular flexibility index (Phi) is 9.58. The minimum Gasteiger partial charge on any atom is -0.294 e. The first-order valence-electron chi connectivity index (χ1n) is 10.2. The van der Waals surface area contributed by atoms with E-state index in [1.165, 1.54) is 0 Å². The van der Waals surface area contributed by atoms with Gasteiger partial charge >= 0.3 is 0 Å². The van der Waals surface area contributed by atoms with Crippen LogP contribution in [0.2, 0.25) is 0 Å². The number of rotatable bonds is 10. The Hall–Kier alpha value is -2.48. The normalized spacial score (nSPS) is 14.4. The molecule has 0 aliphatic rings. The first kappa shape index (κ1) is 23.6. The maximum atomic E-state index is 12.6. The van der Waals surface area contributed by atoms with E-state index in [9.17, 15) is 9.59 Å². The van der Waals surface area contributed by atoms with Crippen molar-refractivity contribution in [2.24, 2.45) is 5.92 Å². The molecule has 1 aromatic carbocycles. The predicted octanol–water partition coefficient (Wildman–Crippen LogP) is 7.14. The van der Waals surface area contributed by atoms with E-state index in [-0.39, 0.29) is 17.5 Å². The van der Waals surface area contributed by atoms with Crippen LogP contribution < -0.4 is 0 Å². The van der Waals surface area contributed by atoms with Crippen molar-refractivity contribution in [2.75, 3.05) is 0 Å². The van der Waals surface area contributed by atoms with E-state index in [1.54, 1.807) is 13.0 Å². The number of allylic oxidation sites excluding steroid dienone is 7. The van der Waals surface area contributed by atoms with E-state index < -0.39 is 0 Å². The number of hydrogen-bond acceptors (Lipinski definition) is 2. The molecule has 1 atom stereocenters. The maximum absolute atomic E-state index is 12.6. The van der Waals surface area contributed by atoms with Crippen LogP contribution >= 0.6 is 0 Å². The Bertz CT molecular complexity index is 801. The van der Waals surface area contributed by atoms with Crippen LogP contribution in [0.1, 0.15) is 76.7 Å². The summed E-state index contributed by atoms with van der Waals surface area (Å²) in [6, 6.07) is 7.75. The van der Waals surface area contributed by atoms with Gasteiger partial charge in [0, 0.05) is 17.1 Å². The second-order valence-corrected chi connectivity index (χ2v) is 7.05. The van der Waals surface area contributed by atoms with Gasteiger partial charge in [-0.3, -0.25) is 9.59 Å². The predicted molar refractivity (Wildman–Crippen MR) is 120 cm³/mol. The van der Waals surface area contributed by atoms with Crippen molar-refractivity contribution in [1.82, 2.24) is 0 Å². The summed E-state index contributed by atoms with van der Waals surface area (Å²) in [7, 11) is 0. The summed E-state index contributed by atoms with van der Waals surface area (Å²) in [4.78, 5) is 24.8. The van der Waals surface area contributed by atoms with E-state index in [1.807, 2.05) is 51.1 Å². The Morgan fingerprint density at radius 1 is 1.04 bits per heavy atom. The van der Waals surface area contributed by atoms with Crippen LogP contribution in [0, 0.1) is 5.92 Å². The van der Waals surface area contributed by atoms with Crippen LogP contribution in [0.15, 0.2) is 65.8 Å². The van der Waals surface area contributed by atoms with Crippen molar-refractivity contribution >= 4 is 17.1 Å². The molecule has 28 heavy (non-hydrogen) atoms. The third kappa shape index (κ3) is 5.51. The fourth-order valence-electron chi connectivity index (χ4n) is 3.56. The van der Waals surface area contributed by atoms with Gasteiger partial charge in [-0.05, 0) is 55.9 Å². The molecule has 0 radical (unpaired) electrons. The van der Waals surface area contributed by atoms with Gasteiger partial charge in [0.1, 0.15) is 0 Å². The third-order valence-electron chi connectivity index (χ3n) is 5.11. The van der Waals surface area contributed by atoms with Gasteiger partial charge < -0.3 is 0 Å². The smallest absolute Gasteiger partial charge is 0.165 e. The van der Waals surface area contributed by atoms with E-state index >= 15 is 0 Å². The molecule has 0 saturated carbocycles. The van der Waals surface area contributed by atoms with Crippen molar-refractivity contribution in [1.29, 1.82) is 0 Å². The third-order valence-corrected chi connectivity index (χ3v) is 5.11. The second kappa shape index (κ2) is 11.4. The molecule has 1 aromatic rings. The second-order valence-electron chi connectivity index (χ2n) is 7.05. The average Bonchev–Trinajstić information content (AvgIpc) is 2.69. The van der Waals surface area contributed by atoms with Crippen LogP contribution in [-0.4, -0.2) is 11.6 Å². The first-order valence-corrected chi connectivity index (χ1v) is 10.2. The highest BCUT2D eigenvalue weighted by atomic mass is 16.1. The standard InChI is InChI=1S/C26H34O2/c1-8-13-18(6)26(28)22-16-14-21(15-17-22)24(12-5)25(20(9-2)10-3)23(11-4)19(7)27/h9,11-12,14-18H,4,8,10,13H2,1-3,5-7H3/b20-9?,24-12?,25-23-. The van der Waals surface area contributed by atoms with Gasteiger partial charge in [0.15, 0.2) is 11.6 Å². The molecule has 0 N–H and O–H groups in total. The fraction of sp³-hybridized carbons (Fsp3) is 0.385. The highest BCUT2D eigenvalue weighted by Crippen LogP contribution is 2.34. The summed E-state index contributed by atoms with van der Waals surface area (Å²) in [6.07, 6.45) is 8.44. The quantitative estimate of drug-likeness (QED) is 0.246. The molecule has 2 nitrogen and oxygen atoms in total. The summed E-state index contributed by atoms with van der Waals surface area (Å²) in [5.41, 5.74) is 5.37. The van der Waals surface area contributed by atoms with Gasteiger partial charge in [-0.15, -0.1) is 0 Å². The van der Waals surface area contributed by atoms with E-state index in [0.717, 1.165) is 47.1 Å². The lowest BCUT2D eigenvalue weighted by atomic mass is 9.85. The highest BCUT2D eigenvalue weighted by molar-refractivity contribution is 6.03. The summed E-state index contributed by atoms with van der Waals surface area (Å²) >= 11 is 0. The summed E-state index contributed by atoms with van der Waals surface area (Å²) in [6.45, 7) is 15.6. The zero-order valence-corrected chi connectivity index (χ0v) is 18.3. The first-order chi connectivity index (χ1) is 13.4. The van der Waals surface area contributed by atoms with Crippen LogP contribution in [0.4, 0.5) is 0 Å². The molecule has 1 rings (SSSR count). The zero-order chi connectivity index (χ0) is 21.3. The lowest BCUT2D eigenvalue weighted by Crippen LogP contribution is -2.11. The van der Waals surface area contributed by atoms with Crippen molar-refractivity contribution in [3.8, 4) is 0 Å². The number of carbonyl (C=O) groups excluding carboxylic acids is 2. The molecule has 0 saturated heterocycles. The fourth-order valence-corrected chi connectivity index (χ4v) is 3.56.